The first kappa shape index (κ1) is 16.2. The topological polar surface area (TPSA) is 70.4 Å². The molecule has 0 aromatic carbocycles. The van der Waals surface area contributed by atoms with E-state index in [1.807, 2.05) is 49.0 Å². The monoisotopic (exact) mass is 344 g/mol. The highest BCUT2D eigenvalue weighted by molar-refractivity contribution is 7.21. The Bertz CT molecular complexity index is 912. The number of methoxy groups -OCH3 is 1. The van der Waals surface area contributed by atoms with E-state index in [1.165, 1.54) is 18.4 Å². The SMILES string of the molecule is COC(=O)COC(=O)c1sc2nc(C)cc(C)c2c1-n1cccc1. The fourth-order valence-corrected chi connectivity index (χ4v) is 3.73. The second-order valence-electron chi connectivity index (χ2n) is 5.28. The zero-order chi connectivity index (χ0) is 17.3. The Morgan fingerprint density at radius 2 is 1.96 bits per heavy atom. The van der Waals surface area contributed by atoms with Gasteiger partial charge in [0.05, 0.1) is 12.8 Å². The second kappa shape index (κ2) is 6.45. The quantitative estimate of drug-likeness (QED) is 0.680. The van der Waals surface area contributed by atoms with Crippen LogP contribution in [0.1, 0.15) is 20.9 Å². The van der Waals surface area contributed by atoms with Gasteiger partial charge in [0, 0.05) is 23.5 Å². The second-order valence-corrected chi connectivity index (χ2v) is 6.28. The van der Waals surface area contributed by atoms with E-state index in [9.17, 15) is 9.59 Å². The molecule has 0 aliphatic rings. The van der Waals surface area contributed by atoms with E-state index in [1.54, 1.807) is 0 Å². The van der Waals surface area contributed by atoms with E-state index < -0.39 is 18.5 Å². The van der Waals surface area contributed by atoms with Gasteiger partial charge in [-0.1, -0.05) is 0 Å². The standard InChI is InChI=1S/C17H16N2O4S/c1-10-8-11(2)18-16-13(10)14(19-6-4-5-7-19)15(24-16)17(21)23-9-12(20)22-3/h4-8H,9H2,1-3H3. The van der Waals surface area contributed by atoms with Gasteiger partial charge in [0.1, 0.15) is 9.71 Å². The van der Waals surface area contributed by atoms with Gasteiger partial charge >= 0.3 is 11.9 Å². The van der Waals surface area contributed by atoms with Gasteiger partial charge < -0.3 is 14.0 Å². The number of rotatable bonds is 4. The Kier molecular flexibility index (Phi) is 4.35. The molecule has 3 heterocycles. The summed E-state index contributed by atoms with van der Waals surface area (Å²) in [5.74, 6) is -1.17. The molecular weight excluding hydrogens is 328 g/mol. The van der Waals surface area contributed by atoms with E-state index >= 15 is 0 Å². The summed E-state index contributed by atoms with van der Waals surface area (Å²) in [6, 6.07) is 5.74. The maximum atomic E-state index is 12.5. The Hall–Kier alpha value is -2.67. The molecular formula is C17H16N2O4S. The summed E-state index contributed by atoms with van der Waals surface area (Å²) in [4.78, 5) is 29.4. The summed E-state index contributed by atoms with van der Waals surface area (Å²) in [7, 11) is 1.25. The predicted octanol–water partition coefficient (Wildman–Crippen LogP) is 3.03. The van der Waals surface area contributed by atoms with Crippen molar-refractivity contribution in [2.75, 3.05) is 13.7 Å². The van der Waals surface area contributed by atoms with Crippen molar-refractivity contribution in [1.29, 1.82) is 0 Å². The molecule has 0 saturated heterocycles. The highest BCUT2D eigenvalue weighted by Crippen LogP contribution is 2.36. The third kappa shape index (κ3) is 2.90. The Balaban J connectivity index is 2.13. The van der Waals surface area contributed by atoms with Crippen molar-refractivity contribution in [2.24, 2.45) is 0 Å². The van der Waals surface area contributed by atoms with Crippen LogP contribution in [0.2, 0.25) is 0 Å². The number of ether oxygens (including phenoxy) is 2. The molecule has 0 atom stereocenters. The van der Waals surface area contributed by atoms with Crippen molar-refractivity contribution < 1.29 is 19.1 Å². The van der Waals surface area contributed by atoms with Crippen molar-refractivity contribution in [3.05, 3.63) is 46.7 Å². The van der Waals surface area contributed by atoms with E-state index in [0.717, 1.165) is 27.2 Å². The van der Waals surface area contributed by atoms with Crippen LogP contribution >= 0.6 is 11.3 Å². The lowest BCUT2D eigenvalue weighted by molar-refractivity contribution is -0.144. The molecule has 24 heavy (non-hydrogen) atoms. The molecule has 3 aromatic heterocycles. The number of aryl methyl sites for hydroxylation is 2. The largest absolute Gasteiger partial charge is 0.466 e. The highest BCUT2D eigenvalue weighted by Gasteiger charge is 2.23. The minimum Gasteiger partial charge on any atom is -0.466 e. The molecule has 0 spiro atoms. The Labute approximate surface area is 142 Å². The number of nitrogens with zero attached hydrogens (tertiary/aromatic N) is 2. The minimum absolute atomic E-state index is 0.409. The molecule has 0 N–H and O–H groups in total. The van der Waals surface area contributed by atoms with Crippen LogP contribution < -0.4 is 0 Å². The van der Waals surface area contributed by atoms with Gasteiger partial charge in [-0.3, -0.25) is 0 Å². The minimum atomic E-state index is -0.600. The van der Waals surface area contributed by atoms with Gasteiger partial charge in [-0.15, -0.1) is 11.3 Å². The van der Waals surface area contributed by atoms with Gasteiger partial charge in [0.2, 0.25) is 0 Å². The van der Waals surface area contributed by atoms with Crippen LogP contribution in [-0.2, 0) is 14.3 Å². The molecule has 3 rings (SSSR count). The first-order valence-electron chi connectivity index (χ1n) is 7.29. The number of aromatic nitrogens is 2. The summed E-state index contributed by atoms with van der Waals surface area (Å²) in [6.45, 7) is 3.48. The number of fused-ring (bicyclic) bond motifs is 1. The van der Waals surface area contributed by atoms with Gasteiger partial charge in [-0.25, -0.2) is 14.6 Å². The molecule has 124 valence electrons. The Morgan fingerprint density at radius 3 is 2.62 bits per heavy atom. The van der Waals surface area contributed by atoms with E-state index in [2.05, 4.69) is 9.72 Å². The predicted molar refractivity (Wildman–Crippen MR) is 90.7 cm³/mol. The molecule has 0 unspecified atom stereocenters. The molecule has 0 amide bonds. The van der Waals surface area contributed by atoms with Crippen LogP contribution in [0.3, 0.4) is 0 Å². The maximum Gasteiger partial charge on any atom is 0.351 e. The van der Waals surface area contributed by atoms with Gasteiger partial charge in [-0.05, 0) is 37.6 Å². The summed E-state index contributed by atoms with van der Waals surface area (Å²) < 4.78 is 11.4. The summed E-state index contributed by atoms with van der Waals surface area (Å²) in [5, 5.41) is 0.909. The molecule has 7 heteroatoms. The van der Waals surface area contributed by atoms with Crippen molar-refractivity contribution in [2.45, 2.75) is 13.8 Å². The molecule has 6 nitrogen and oxygen atoms in total. The number of thiophene rings is 1. The van der Waals surface area contributed by atoms with Crippen LogP contribution in [0.15, 0.2) is 30.6 Å². The summed E-state index contributed by atoms with van der Waals surface area (Å²) in [5.41, 5.74) is 2.64. The van der Waals surface area contributed by atoms with E-state index in [4.69, 9.17) is 4.74 Å². The summed E-state index contributed by atoms with van der Waals surface area (Å²) in [6.07, 6.45) is 3.72. The third-order valence-corrected chi connectivity index (χ3v) is 4.61. The van der Waals surface area contributed by atoms with Crippen molar-refractivity contribution in [3.63, 3.8) is 0 Å². The van der Waals surface area contributed by atoms with Crippen LogP contribution in [0.5, 0.6) is 0 Å². The number of carbonyl (C=O) groups is 2. The fourth-order valence-electron chi connectivity index (χ4n) is 2.54. The van der Waals surface area contributed by atoms with E-state index in [-0.39, 0.29) is 0 Å². The number of esters is 2. The van der Waals surface area contributed by atoms with Gasteiger partial charge in [0.25, 0.3) is 0 Å². The van der Waals surface area contributed by atoms with E-state index in [0.29, 0.717) is 4.88 Å². The Morgan fingerprint density at radius 1 is 1.25 bits per heavy atom. The van der Waals surface area contributed by atoms with Crippen molar-refractivity contribution >= 4 is 33.5 Å². The smallest absolute Gasteiger partial charge is 0.351 e. The van der Waals surface area contributed by atoms with Crippen molar-refractivity contribution in [3.8, 4) is 5.69 Å². The van der Waals surface area contributed by atoms with Crippen LogP contribution in [-0.4, -0.2) is 35.2 Å². The van der Waals surface area contributed by atoms with Crippen LogP contribution in [0.25, 0.3) is 15.9 Å². The summed E-state index contributed by atoms with van der Waals surface area (Å²) >= 11 is 1.26. The van der Waals surface area contributed by atoms with Crippen molar-refractivity contribution in [1.82, 2.24) is 9.55 Å². The average Bonchev–Trinajstić information content (AvgIpc) is 3.18. The highest BCUT2D eigenvalue weighted by atomic mass is 32.1. The van der Waals surface area contributed by atoms with Gasteiger partial charge in [0.15, 0.2) is 6.61 Å². The fraction of sp³-hybridized carbons (Fsp3) is 0.235. The lowest BCUT2D eigenvalue weighted by Crippen LogP contribution is -2.15. The molecule has 0 aliphatic carbocycles. The number of pyridine rings is 1. The zero-order valence-corrected chi connectivity index (χ0v) is 14.3. The first-order valence-corrected chi connectivity index (χ1v) is 8.11. The first-order chi connectivity index (χ1) is 11.5. The lowest BCUT2D eigenvalue weighted by atomic mass is 10.1. The average molecular weight is 344 g/mol. The zero-order valence-electron chi connectivity index (χ0n) is 13.5. The molecule has 3 aromatic rings. The molecule has 0 bridgehead atoms. The third-order valence-electron chi connectivity index (χ3n) is 3.56. The van der Waals surface area contributed by atoms with Crippen LogP contribution in [0, 0.1) is 13.8 Å². The molecule has 0 saturated carbocycles. The maximum absolute atomic E-state index is 12.5. The molecule has 0 radical (unpaired) electrons. The number of hydrogen-bond donors (Lipinski definition) is 0. The molecule has 0 aliphatic heterocycles. The molecule has 0 fully saturated rings. The number of carbonyl (C=O) groups excluding carboxylic acids is 2. The van der Waals surface area contributed by atoms with Gasteiger partial charge in [-0.2, -0.15) is 0 Å². The van der Waals surface area contributed by atoms with Crippen LogP contribution in [0.4, 0.5) is 0 Å². The normalized spacial score (nSPS) is 10.8. The number of hydrogen-bond acceptors (Lipinski definition) is 6. The lowest BCUT2D eigenvalue weighted by Gasteiger charge is -2.08.